The summed E-state index contributed by atoms with van der Waals surface area (Å²) in [5.74, 6) is 0.577. The highest BCUT2D eigenvalue weighted by molar-refractivity contribution is 6.04. The van der Waals surface area contributed by atoms with Crippen LogP contribution in [0.1, 0.15) is 23.3 Å². The van der Waals surface area contributed by atoms with Crippen LogP contribution in [0.25, 0.3) is 0 Å². The third kappa shape index (κ3) is 2.34. The van der Waals surface area contributed by atoms with Crippen LogP contribution in [0, 0.1) is 0 Å². The maximum absolute atomic E-state index is 12.2. The van der Waals surface area contributed by atoms with Gasteiger partial charge in [-0.3, -0.25) is 9.48 Å². The molecule has 0 aromatic carbocycles. The number of hydrogen-bond donors (Lipinski definition) is 1. The summed E-state index contributed by atoms with van der Waals surface area (Å²) in [6.07, 6.45) is 7.04. The van der Waals surface area contributed by atoms with Crippen molar-refractivity contribution < 1.29 is 4.79 Å². The fourth-order valence-corrected chi connectivity index (χ4v) is 2.38. The summed E-state index contributed by atoms with van der Waals surface area (Å²) in [5, 5.41) is 6.86. The minimum absolute atomic E-state index is 0.208. The van der Waals surface area contributed by atoms with Crippen LogP contribution in [0.5, 0.6) is 0 Å². The molecule has 0 radical (unpaired) electrons. The fourth-order valence-electron chi connectivity index (χ4n) is 2.38. The Balaban J connectivity index is 1.84. The average Bonchev–Trinajstić information content (AvgIpc) is 3.10. The van der Waals surface area contributed by atoms with Gasteiger partial charge in [0, 0.05) is 26.3 Å². The summed E-state index contributed by atoms with van der Waals surface area (Å²) in [4.78, 5) is 22.7. The second kappa shape index (κ2) is 5.28. The zero-order valence-electron chi connectivity index (χ0n) is 11.3. The molecule has 1 aliphatic heterocycles. The van der Waals surface area contributed by atoms with Gasteiger partial charge < -0.3 is 10.2 Å². The van der Waals surface area contributed by atoms with Crippen molar-refractivity contribution in [1.29, 1.82) is 0 Å². The van der Waals surface area contributed by atoms with E-state index in [2.05, 4.69) is 25.3 Å². The van der Waals surface area contributed by atoms with Gasteiger partial charge in [-0.05, 0) is 18.9 Å². The van der Waals surface area contributed by atoms with Crippen molar-refractivity contribution >= 4 is 17.4 Å². The Morgan fingerprint density at radius 3 is 2.85 bits per heavy atom. The molecule has 1 N–H and O–H groups in total. The molecule has 2 aromatic heterocycles. The molecule has 0 bridgehead atoms. The van der Waals surface area contributed by atoms with E-state index in [1.54, 1.807) is 25.5 Å². The van der Waals surface area contributed by atoms with E-state index in [1.807, 2.05) is 0 Å². The van der Waals surface area contributed by atoms with E-state index < -0.39 is 0 Å². The Bertz CT molecular complexity index is 617. The lowest BCUT2D eigenvalue weighted by molar-refractivity contribution is 0.101. The lowest BCUT2D eigenvalue weighted by atomic mass is 10.3. The lowest BCUT2D eigenvalue weighted by Crippen LogP contribution is -2.23. The van der Waals surface area contributed by atoms with Gasteiger partial charge in [-0.1, -0.05) is 0 Å². The number of nitrogens with one attached hydrogen (secondary N) is 1. The highest BCUT2D eigenvalue weighted by Gasteiger charge is 2.19. The normalized spacial score (nSPS) is 14.6. The van der Waals surface area contributed by atoms with Crippen LogP contribution < -0.4 is 10.2 Å². The average molecular weight is 272 g/mol. The van der Waals surface area contributed by atoms with Crippen LogP contribution in [0.4, 0.5) is 11.5 Å². The molecule has 1 saturated heterocycles. The van der Waals surface area contributed by atoms with Crippen molar-refractivity contribution in [1.82, 2.24) is 19.7 Å². The molecule has 2 aromatic rings. The van der Waals surface area contributed by atoms with Gasteiger partial charge in [0.1, 0.15) is 17.7 Å². The molecule has 20 heavy (non-hydrogen) atoms. The van der Waals surface area contributed by atoms with Gasteiger partial charge in [0.05, 0.1) is 6.20 Å². The quantitative estimate of drug-likeness (QED) is 0.904. The standard InChI is InChI=1S/C13H16N6O/c1-18-11(4-5-16-18)13(20)17-10-8-14-9-15-12(10)19-6-2-3-7-19/h4-5,8-9H,2-3,6-7H2,1H3,(H,17,20). The number of aryl methyl sites for hydroxylation is 1. The van der Waals surface area contributed by atoms with Gasteiger partial charge in [-0.15, -0.1) is 0 Å². The Labute approximate surface area is 116 Å². The Kier molecular flexibility index (Phi) is 3.32. The third-order valence-electron chi connectivity index (χ3n) is 3.40. The number of nitrogens with zero attached hydrogens (tertiary/aromatic N) is 5. The first-order valence-corrected chi connectivity index (χ1v) is 6.60. The number of anilines is 2. The highest BCUT2D eigenvalue weighted by Crippen LogP contribution is 2.25. The van der Waals surface area contributed by atoms with Crippen LogP contribution in [0.15, 0.2) is 24.8 Å². The van der Waals surface area contributed by atoms with Crippen molar-refractivity contribution in [3.63, 3.8) is 0 Å². The van der Waals surface area contributed by atoms with Gasteiger partial charge in [0.25, 0.3) is 5.91 Å². The molecule has 1 amide bonds. The number of carbonyl (C=O) groups is 1. The first kappa shape index (κ1) is 12.6. The molecule has 0 unspecified atom stereocenters. The molecule has 0 spiro atoms. The monoisotopic (exact) mass is 272 g/mol. The van der Waals surface area contributed by atoms with Crippen LogP contribution >= 0.6 is 0 Å². The molecule has 0 saturated carbocycles. The minimum atomic E-state index is -0.208. The predicted octanol–water partition coefficient (Wildman–Crippen LogP) is 1.06. The fraction of sp³-hybridized carbons (Fsp3) is 0.385. The molecule has 0 aliphatic carbocycles. The molecular formula is C13H16N6O. The molecule has 3 rings (SSSR count). The Hall–Kier alpha value is -2.44. The van der Waals surface area contributed by atoms with E-state index in [-0.39, 0.29) is 5.91 Å². The third-order valence-corrected chi connectivity index (χ3v) is 3.40. The van der Waals surface area contributed by atoms with Crippen molar-refractivity contribution in [2.45, 2.75) is 12.8 Å². The lowest BCUT2D eigenvalue weighted by Gasteiger charge is -2.19. The molecule has 3 heterocycles. The van der Waals surface area contributed by atoms with E-state index in [0.717, 1.165) is 31.7 Å². The van der Waals surface area contributed by atoms with E-state index in [4.69, 9.17) is 0 Å². The number of hydrogen-bond acceptors (Lipinski definition) is 5. The highest BCUT2D eigenvalue weighted by atomic mass is 16.2. The smallest absolute Gasteiger partial charge is 0.274 e. The summed E-state index contributed by atoms with van der Waals surface area (Å²) in [7, 11) is 1.73. The topological polar surface area (TPSA) is 75.9 Å². The summed E-state index contributed by atoms with van der Waals surface area (Å²) in [6, 6.07) is 1.68. The molecular weight excluding hydrogens is 256 g/mol. The molecule has 1 fully saturated rings. The largest absolute Gasteiger partial charge is 0.355 e. The van der Waals surface area contributed by atoms with Crippen LogP contribution in [-0.4, -0.2) is 38.7 Å². The van der Waals surface area contributed by atoms with Crippen LogP contribution in [0.3, 0.4) is 0 Å². The second-order valence-corrected chi connectivity index (χ2v) is 4.75. The Morgan fingerprint density at radius 1 is 1.35 bits per heavy atom. The van der Waals surface area contributed by atoms with Crippen molar-refractivity contribution in [3.8, 4) is 0 Å². The zero-order valence-corrected chi connectivity index (χ0v) is 11.3. The second-order valence-electron chi connectivity index (χ2n) is 4.75. The van der Waals surface area contributed by atoms with E-state index in [0.29, 0.717) is 11.4 Å². The zero-order chi connectivity index (χ0) is 13.9. The number of amides is 1. The van der Waals surface area contributed by atoms with E-state index in [9.17, 15) is 4.79 Å². The first-order valence-electron chi connectivity index (χ1n) is 6.60. The van der Waals surface area contributed by atoms with Crippen LogP contribution in [0.2, 0.25) is 0 Å². The number of aromatic nitrogens is 4. The SMILES string of the molecule is Cn1nccc1C(=O)Nc1cncnc1N1CCCC1. The molecule has 104 valence electrons. The van der Waals surface area contributed by atoms with Crippen molar-refractivity contribution in [2.24, 2.45) is 7.05 Å². The first-order chi connectivity index (χ1) is 9.75. The molecule has 1 aliphatic rings. The van der Waals surface area contributed by atoms with Gasteiger partial charge in [0.2, 0.25) is 0 Å². The summed E-state index contributed by atoms with van der Waals surface area (Å²) in [5.41, 5.74) is 1.14. The molecule has 0 atom stereocenters. The van der Waals surface area contributed by atoms with Gasteiger partial charge >= 0.3 is 0 Å². The summed E-state index contributed by atoms with van der Waals surface area (Å²) < 4.78 is 1.54. The van der Waals surface area contributed by atoms with Crippen molar-refractivity contribution in [2.75, 3.05) is 23.3 Å². The van der Waals surface area contributed by atoms with Gasteiger partial charge in [-0.2, -0.15) is 5.10 Å². The van der Waals surface area contributed by atoms with Crippen LogP contribution in [-0.2, 0) is 7.05 Å². The maximum Gasteiger partial charge on any atom is 0.274 e. The summed E-state index contributed by atoms with van der Waals surface area (Å²) in [6.45, 7) is 1.93. The molecule has 7 nitrogen and oxygen atoms in total. The van der Waals surface area contributed by atoms with E-state index >= 15 is 0 Å². The number of carbonyl (C=O) groups excluding carboxylic acids is 1. The predicted molar refractivity (Wildman–Crippen MR) is 74.6 cm³/mol. The summed E-state index contributed by atoms with van der Waals surface area (Å²) >= 11 is 0. The molecule has 7 heteroatoms. The minimum Gasteiger partial charge on any atom is -0.355 e. The van der Waals surface area contributed by atoms with E-state index in [1.165, 1.54) is 11.0 Å². The van der Waals surface area contributed by atoms with Gasteiger partial charge in [-0.25, -0.2) is 9.97 Å². The maximum atomic E-state index is 12.2. The van der Waals surface area contributed by atoms with Gasteiger partial charge in [0.15, 0.2) is 5.82 Å². The van der Waals surface area contributed by atoms with Crippen molar-refractivity contribution in [3.05, 3.63) is 30.5 Å². The number of rotatable bonds is 3. The Morgan fingerprint density at radius 2 is 2.15 bits per heavy atom.